The molecular weight excluding hydrogens is 388 g/mol. The summed E-state index contributed by atoms with van der Waals surface area (Å²) in [4.78, 5) is 27.0. The number of hydrogen-bond donors (Lipinski definition) is 1. The predicted octanol–water partition coefficient (Wildman–Crippen LogP) is 2.71. The molecule has 2 aliphatic rings. The first-order valence-electron chi connectivity index (χ1n) is 11.2. The first kappa shape index (κ1) is 20.2. The molecule has 3 aromatic rings. The first-order chi connectivity index (χ1) is 15.1. The van der Waals surface area contributed by atoms with Gasteiger partial charge in [-0.3, -0.25) is 14.3 Å². The van der Waals surface area contributed by atoms with Gasteiger partial charge in [0.1, 0.15) is 11.8 Å². The third-order valence-electron chi connectivity index (χ3n) is 6.97. The average molecular weight is 419 g/mol. The quantitative estimate of drug-likeness (QED) is 0.690. The number of carbonyl (C=O) groups excluding carboxylic acids is 1. The summed E-state index contributed by atoms with van der Waals surface area (Å²) < 4.78 is 1.94. The van der Waals surface area contributed by atoms with Crippen LogP contribution in [0.25, 0.3) is 16.9 Å². The molecular formula is C24H30N6O. The molecule has 7 nitrogen and oxygen atoms in total. The Labute approximate surface area is 183 Å². The zero-order valence-electron chi connectivity index (χ0n) is 18.1. The molecule has 1 saturated heterocycles. The number of nitrogens with one attached hydrogen (secondary N) is 1. The van der Waals surface area contributed by atoms with Crippen molar-refractivity contribution < 1.29 is 4.79 Å². The zero-order valence-corrected chi connectivity index (χ0v) is 18.1. The minimum Gasteiger partial charge on any atom is -0.350 e. The monoisotopic (exact) mass is 418 g/mol. The number of fused-ring (bicyclic) bond motifs is 1. The number of rotatable bonds is 5. The molecule has 1 amide bonds. The number of aromatic nitrogens is 3. The van der Waals surface area contributed by atoms with Gasteiger partial charge in [-0.15, -0.1) is 0 Å². The topological polar surface area (TPSA) is 66.3 Å². The van der Waals surface area contributed by atoms with E-state index in [1.54, 1.807) is 12.5 Å². The van der Waals surface area contributed by atoms with E-state index >= 15 is 0 Å². The summed E-state index contributed by atoms with van der Waals surface area (Å²) in [6.07, 6.45) is 8.23. The summed E-state index contributed by atoms with van der Waals surface area (Å²) in [6.45, 7) is 5.06. The van der Waals surface area contributed by atoms with E-state index in [9.17, 15) is 4.79 Å². The fourth-order valence-electron chi connectivity index (χ4n) is 5.07. The summed E-state index contributed by atoms with van der Waals surface area (Å²) >= 11 is 0. The second-order valence-electron chi connectivity index (χ2n) is 8.92. The van der Waals surface area contributed by atoms with Crippen molar-refractivity contribution in [2.75, 3.05) is 39.8 Å². The van der Waals surface area contributed by atoms with Crippen LogP contribution in [0.3, 0.4) is 0 Å². The maximum Gasteiger partial charge on any atom is 0.252 e. The lowest BCUT2D eigenvalue weighted by Crippen LogP contribution is -2.59. The van der Waals surface area contributed by atoms with Gasteiger partial charge in [0.15, 0.2) is 5.65 Å². The van der Waals surface area contributed by atoms with Gasteiger partial charge in [-0.05, 0) is 38.1 Å². The highest BCUT2D eigenvalue weighted by atomic mass is 16.1. The van der Waals surface area contributed by atoms with E-state index in [0.717, 1.165) is 55.9 Å². The van der Waals surface area contributed by atoms with Crippen molar-refractivity contribution in [3.8, 4) is 5.69 Å². The lowest BCUT2D eigenvalue weighted by molar-refractivity contribution is 0.0414. The summed E-state index contributed by atoms with van der Waals surface area (Å²) in [5.41, 5.74) is 3.16. The van der Waals surface area contributed by atoms with Gasteiger partial charge in [0, 0.05) is 50.1 Å². The van der Waals surface area contributed by atoms with E-state index < -0.39 is 0 Å². The smallest absolute Gasteiger partial charge is 0.252 e. The van der Waals surface area contributed by atoms with Crippen LogP contribution in [0.15, 0.2) is 48.9 Å². The number of para-hydroxylation sites is 1. The van der Waals surface area contributed by atoms with Gasteiger partial charge >= 0.3 is 0 Å². The van der Waals surface area contributed by atoms with E-state index in [-0.39, 0.29) is 11.4 Å². The van der Waals surface area contributed by atoms with Crippen LogP contribution < -0.4 is 5.32 Å². The van der Waals surface area contributed by atoms with Crippen molar-refractivity contribution in [1.82, 2.24) is 29.7 Å². The highest BCUT2D eigenvalue weighted by Gasteiger charge is 2.40. The minimum atomic E-state index is -0.0657. The van der Waals surface area contributed by atoms with Gasteiger partial charge in [-0.25, -0.2) is 9.97 Å². The molecule has 162 valence electrons. The SMILES string of the molecule is CN1CCN(C2(CNC(=O)c3cnc4c(c3)ncn4-c3ccccc3)CCCC2)CC1. The van der Waals surface area contributed by atoms with Crippen LogP contribution in [-0.4, -0.2) is 75.6 Å². The van der Waals surface area contributed by atoms with Gasteiger partial charge in [-0.2, -0.15) is 0 Å². The Morgan fingerprint density at radius 3 is 2.55 bits per heavy atom. The van der Waals surface area contributed by atoms with Gasteiger partial charge < -0.3 is 10.2 Å². The Hall–Kier alpha value is -2.77. The lowest BCUT2D eigenvalue weighted by Gasteiger charge is -2.45. The Balaban J connectivity index is 1.31. The second-order valence-corrected chi connectivity index (χ2v) is 8.92. The van der Waals surface area contributed by atoms with Gasteiger partial charge in [-0.1, -0.05) is 31.0 Å². The molecule has 7 heteroatoms. The third kappa shape index (κ3) is 3.95. The number of imidazole rings is 1. The number of hydrogen-bond acceptors (Lipinski definition) is 5. The molecule has 31 heavy (non-hydrogen) atoms. The lowest BCUT2D eigenvalue weighted by atomic mass is 9.93. The summed E-state index contributed by atoms with van der Waals surface area (Å²) in [5.74, 6) is -0.0657. The van der Waals surface area contributed by atoms with E-state index in [1.165, 1.54) is 12.8 Å². The van der Waals surface area contributed by atoms with E-state index in [2.05, 4.69) is 32.1 Å². The number of pyridine rings is 1. The molecule has 0 atom stereocenters. The molecule has 1 aromatic carbocycles. The fraction of sp³-hybridized carbons (Fsp3) is 0.458. The summed E-state index contributed by atoms with van der Waals surface area (Å²) in [6, 6.07) is 11.8. The van der Waals surface area contributed by atoms with Crippen LogP contribution in [-0.2, 0) is 0 Å². The second kappa shape index (κ2) is 8.40. The molecule has 0 radical (unpaired) electrons. The summed E-state index contributed by atoms with van der Waals surface area (Å²) in [5, 5.41) is 3.22. The van der Waals surface area contributed by atoms with Crippen LogP contribution in [0.1, 0.15) is 36.0 Å². The average Bonchev–Trinajstić information content (AvgIpc) is 3.46. The fourth-order valence-corrected chi connectivity index (χ4v) is 5.07. The maximum atomic E-state index is 13.0. The van der Waals surface area contributed by atoms with Crippen molar-refractivity contribution in [2.24, 2.45) is 0 Å². The molecule has 1 saturated carbocycles. The van der Waals surface area contributed by atoms with Crippen molar-refractivity contribution in [2.45, 2.75) is 31.2 Å². The van der Waals surface area contributed by atoms with Crippen molar-refractivity contribution in [3.63, 3.8) is 0 Å². The van der Waals surface area contributed by atoms with Crippen LogP contribution in [0.5, 0.6) is 0 Å². The van der Waals surface area contributed by atoms with Crippen molar-refractivity contribution >= 4 is 17.1 Å². The Morgan fingerprint density at radius 2 is 1.81 bits per heavy atom. The molecule has 1 aliphatic carbocycles. The molecule has 0 bridgehead atoms. The molecule has 2 aromatic heterocycles. The van der Waals surface area contributed by atoms with Gasteiger partial charge in [0.2, 0.25) is 0 Å². The van der Waals surface area contributed by atoms with Gasteiger partial charge in [0.25, 0.3) is 5.91 Å². The number of amides is 1. The van der Waals surface area contributed by atoms with E-state index in [0.29, 0.717) is 12.1 Å². The number of nitrogens with zero attached hydrogens (tertiary/aromatic N) is 5. The summed E-state index contributed by atoms with van der Waals surface area (Å²) in [7, 11) is 2.18. The number of carbonyl (C=O) groups is 1. The van der Waals surface area contributed by atoms with Crippen LogP contribution in [0.4, 0.5) is 0 Å². The predicted molar refractivity (Wildman–Crippen MR) is 121 cm³/mol. The highest BCUT2D eigenvalue weighted by molar-refractivity contribution is 5.96. The number of likely N-dealkylation sites (N-methyl/N-ethyl adjacent to an activating group) is 1. The van der Waals surface area contributed by atoms with Crippen molar-refractivity contribution in [3.05, 3.63) is 54.5 Å². The number of piperazine rings is 1. The minimum absolute atomic E-state index is 0.0657. The molecule has 5 rings (SSSR count). The number of benzene rings is 1. The largest absolute Gasteiger partial charge is 0.350 e. The Morgan fingerprint density at radius 1 is 1.06 bits per heavy atom. The van der Waals surface area contributed by atoms with Gasteiger partial charge in [0.05, 0.1) is 5.56 Å². The zero-order chi connectivity index (χ0) is 21.3. The Kier molecular flexibility index (Phi) is 5.46. The standard InChI is InChI=1S/C24H30N6O/c1-28-11-13-29(14-12-28)24(9-5-6-10-24)17-26-23(31)19-15-21-22(25-16-19)30(18-27-21)20-7-3-2-4-8-20/h2-4,7-8,15-16,18H,5-6,9-14,17H2,1H3,(H,26,31). The molecule has 2 fully saturated rings. The first-order valence-corrected chi connectivity index (χ1v) is 11.2. The van der Waals surface area contributed by atoms with Crippen LogP contribution in [0, 0.1) is 0 Å². The molecule has 1 N–H and O–H groups in total. The van der Waals surface area contributed by atoms with E-state index in [4.69, 9.17) is 0 Å². The Bertz CT molecular complexity index is 1050. The highest BCUT2D eigenvalue weighted by Crippen LogP contribution is 2.35. The molecule has 0 unspecified atom stereocenters. The maximum absolute atomic E-state index is 13.0. The van der Waals surface area contributed by atoms with E-state index in [1.807, 2.05) is 41.0 Å². The molecule has 1 aliphatic heterocycles. The molecule has 3 heterocycles. The third-order valence-corrected chi connectivity index (χ3v) is 6.97. The van der Waals surface area contributed by atoms with Crippen molar-refractivity contribution in [1.29, 1.82) is 0 Å². The molecule has 0 spiro atoms. The normalized spacial score (nSPS) is 19.6. The van der Waals surface area contributed by atoms with Crippen LogP contribution in [0.2, 0.25) is 0 Å². The van der Waals surface area contributed by atoms with Crippen LogP contribution >= 0.6 is 0 Å².